The molecule has 5 heteroatoms. The largest absolute Gasteiger partial charge is 0.346 e. The summed E-state index contributed by atoms with van der Waals surface area (Å²) in [4.78, 5) is 11.3. The second-order valence-electron chi connectivity index (χ2n) is 5.48. The van der Waals surface area contributed by atoms with Gasteiger partial charge in [0.25, 0.3) is 0 Å². The zero-order chi connectivity index (χ0) is 15.1. The van der Waals surface area contributed by atoms with Crippen molar-refractivity contribution in [3.05, 3.63) is 69.6 Å². The van der Waals surface area contributed by atoms with E-state index in [-0.39, 0.29) is 0 Å². The predicted octanol–water partition coefficient (Wildman–Crippen LogP) is 3.20. The van der Waals surface area contributed by atoms with Crippen LogP contribution < -0.4 is 0 Å². The monoisotopic (exact) mass is 402 g/mol. The Morgan fingerprint density at radius 2 is 2.18 bits per heavy atom. The molecule has 0 amide bonds. The van der Waals surface area contributed by atoms with Gasteiger partial charge in [-0.2, -0.15) is 0 Å². The van der Waals surface area contributed by atoms with E-state index >= 15 is 0 Å². The lowest BCUT2D eigenvalue weighted by Crippen LogP contribution is -2.25. The zero-order valence-electron chi connectivity index (χ0n) is 12.2. The van der Waals surface area contributed by atoms with E-state index in [0.29, 0.717) is 0 Å². The van der Waals surface area contributed by atoms with E-state index in [1.54, 1.807) is 6.33 Å². The van der Waals surface area contributed by atoms with Crippen molar-refractivity contribution in [2.75, 3.05) is 6.54 Å². The Kier molecular flexibility index (Phi) is 3.37. The lowest BCUT2D eigenvalue weighted by atomic mass is 9.96. The first-order valence-electron chi connectivity index (χ1n) is 7.21. The van der Waals surface area contributed by atoms with Crippen LogP contribution in [0.3, 0.4) is 0 Å². The molecule has 22 heavy (non-hydrogen) atoms. The van der Waals surface area contributed by atoms with Gasteiger partial charge in [-0.1, -0.05) is 12.1 Å². The minimum Gasteiger partial charge on any atom is -0.346 e. The fourth-order valence-electron chi connectivity index (χ4n) is 2.92. The molecule has 0 spiro atoms. The highest BCUT2D eigenvalue weighted by atomic mass is 127. The minimum absolute atomic E-state index is 0.902. The van der Waals surface area contributed by atoms with Gasteiger partial charge in [0.15, 0.2) is 0 Å². The number of hydrogen-bond acceptors (Lipinski definition) is 3. The summed E-state index contributed by atoms with van der Waals surface area (Å²) in [6.07, 6.45) is 10.9. The second kappa shape index (κ2) is 5.39. The third kappa shape index (κ3) is 2.29. The van der Waals surface area contributed by atoms with Gasteiger partial charge in [0, 0.05) is 41.3 Å². The maximum absolute atomic E-state index is 4.57. The third-order valence-electron chi connectivity index (χ3n) is 4.01. The van der Waals surface area contributed by atoms with Crippen molar-refractivity contribution in [2.45, 2.75) is 6.42 Å². The summed E-state index contributed by atoms with van der Waals surface area (Å²) in [5, 5.41) is 0. The van der Waals surface area contributed by atoms with Crippen LogP contribution in [-0.4, -0.2) is 26.7 Å². The molecule has 0 bridgehead atoms. The third-order valence-corrected chi connectivity index (χ3v) is 5.02. The molecule has 0 fully saturated rings. The fraction of sp³-hybridized carbons (Fsp3) is 0.176. The Bertz CT molecular complexity index is 829. The molecule has 3 heterocycles. The number of imidazole rings is 1. The Balaban J connectivity index is 1.86. The van der Waals surface area contributed by atoms with E-state index in [2.05, 4.69) is 67.9 Å². The zero-order valence-corrected chi connectivity index (χ0v) is 14.4. The Morgan fingerprint density at radius 3 is 3.00 bits per heavy atom. The number of benzene rings is 1. The van der Waals surface area contributed by atoms with Gasteiger partial charge in [-0.15, -0.1) is 0 Å². The van der Waals surface area contributed by atoms with Crippen molar-refractivity contribution in [1.82, 2.24) is 14.5 Å². The number of fused-ring (bicyclic) bond motifs is 3. The number of halogens is 1. The van der Waals surface area contributed by atoms with Gasteiger partial charge in [0.1, 0.15) is 5.69 Å². The van der Waals surface area contributed by atoms with Crippen LogP contribution in [0.4, 0.5) is 0 Å². The minimum atomic E-state index is 0.902. The number of aromatic nitrogens is 2. The SMILES string of the molecule is Cn1cnc(C2=NC=CN3CCc4c(I)cccc4C3=C2)c1. The van der Waals surface area contributed by atoms with Gasteiger partial charge in [-0.05, 0) is 46.7 Å². The van der Waals surface area contributed by atoms with Crippen LogP contribution in [0, 0.1) is 3.57 Å². The summed E-state index contributed by atoms with van der Waals surface area (Å²) in [5.41, 5.74) is 5.74. The van der Waals surface area contributed by atoms with Crippen LogP contribution in [0.2, 0.25) is 0 Å². The lowest BCUT2D eigenvalue weighted by molar-refractivity contribution is 0.515. The Hall–Kier alpha value is -1.89. The van der Waals surface area contributed by atoms with E-state index in [1.165, 1.54) is 20.4 Å². The van der Waals surface area contributed by atoms with E-state index in [0.717, 1.165) is 24.4 Å². The molecule has 2 aromatic rings. The first kappa shape index (κ1) is 13.8. The molecule has 0 aliphatic carbocycles. The number of hydrogen-bond donors (Lipinski definition) is 0. The van der Waals surface area contributed by atoms with Gasteiger partial charge in [0.05, 0.1) is 17.7 Å². The summed E-state index contributed by atoms with van der Waals surface area (Å²) in [6.45, 7) is 0.986. The molecule has 0 saturated carbocycles. The molecule has 0 unspecified atom stereocenters. The average molecular weight is 402 g/mol. The van der Waals surface area contributed by atoms with Crippen LogP contribution in [0.1, 0.15) is 16.8 Å². The van der Waals surface area contributed by atoms with Gasteiger partial charge in [-0.3, -0.25) is 4.99 Å². The molecule has 2 aliphatic rings. The fourth-order valence-corrected chi connectivity index (χ4v) is 3.69. The number of allylic oxidation sites excluding steroid dienone is 1. The topological polar surface area (TPSA) is 33.4 Å². The molecule has 1 aromatic heterocycles. The van der Waals surface area contributed by atoms with Crippen molar-refractivity contribution in [2.24, 2.45) is 12.0 Å². The van der Waals surface area contributed by atoms with Crippen molar-refractivity contribution in [3.8, 4) is 0 Å². The first-order valence-corrected chi connectivity index (χ1v) is 8.29. The molecule has 0 atom stereocenters. The van der Waals surface area contributed by atoms with Crippen LogP contribution in [0.5, 0.6) is 0 Å². The van der Waals surface area contributed by atoms with Gasteiger partial charge in [-0.25, -0.2) is 4.98 Å². The molecule has 0 radical (unpaired) electrons. The molecule has 0 saturated heterocycles. The van der Waals surface area contributed by atoms with E-state index in [4.69, 9.17) is 0 Å². The van der Waals surface area contributed by atoms with E-state index < -0.39 is 0 Å². The summed E-state index contributed by atoms with van der Waals surface area (Å²) in [5.74, 6) is 0. The van der Waals surface area contributed by atoms with E-state index in [1.807, 2.05) is 24.0 Å². The lowest BCUT2D eigenvalue weighted by Gasteiger charge is -2.30. The molecular weight excluding hydrogens is 387 g/mol. The highest BCUT2D eigenvalue weighted by Crippen LogP contribution is 2.33. The van der Waals surface area contributed by atoms with Crippen LogP contribution in [0.15, 0.2) is 54.2 Å². The number of aliphatic imine (C=N–C) groups is 1. The molecule has 2 aliphatic heterocycles. The molecule has 0 N–H and O–H groups in total. The maximum Gasteiger partial charge on any atom is 0.107 e. The molecule has 110 valence electrons. The summed E-state index contributed by atoms with van der Waals surface area (Å²) in [7, 11) is 1.97. The van der Waals surface area contributed by atoms with Gasteiger partial charge >= 0.3 is 0 Å². The predicted molar refractivity (Wildman–Crippen MR) is 96.4 cm³/mol. The molecule has 1 aromatic carbocycles. The van der Waals surface area contributed by atoms with E-state index in [9.17, 15) is 0 Å². The van der Waals surface area contributed by atoms with Crippen LogP contribution >= 0.6 is 22.6 Å². The average Bonchev–Trinajstić information content (AvgIpc) is 2.82. The molecular formula is C17H15IN4. The normalized spacial score (nSPS) is 16.5. The Morgan fingerprint density at radius 1 is 1.27 bits per heavy atom. The second-order valence-corrected chi connectivity index (χ2v) is 6.64. The first-order chi connectivity index (χ1) is 10.7. The number of rotatable bonds is 1. The van der Waals surface area contributed by atoms with Crippen molar-refractivity contribution < 1.29 is 0 Å². The van der Waals surface area contributed by atoms with Crippen LogP contribution in [-0.2, 0) is 13.5 Å². The molecule has 4 nitrogen and oxygen atoms in total. The quantitative estimate of drug-likeness (QED) is 0.687. The highest BCUT2D eigenvalue weighted by Gasteiger charge is 2.23. The number of aryl methyl sites for hydroxylation is 1. The van der Waals surface area contributed by atoms with Crippen LogP contribution in [0.25, 0.3) is 5.70 Å². The highest BCUT2D eigenvalue weighted by molar-refractivity contribution is 14.1. The van der Waals surface area contributed by atoms with Gasteiger partial charge in [0.2, 0.25) is 0 Å². The number of nitrogens with zero attached hydrogens (tertiary/aromatic N) is 4. The summed E-state index contributed by atoms with van der Waals surface area (Å²) in [6, 6.07) is 6.50. The smallest absolute Gasteiger partial charge is 0.107 e. The summed E-state index contributed by atoms with van der Waals surface area (Å²) >= 11 is 2.43. The molecule has 4 rings (SSSR count). The van der Waals surface area contributed by atoms with Crippen molar-refractivity contribution in [1.29, 1.82) is 0 Å². The van der Waals surface area contributed by atoms with Crippen molar-refractivity contribution in [3.63, 3.8) is 0 Å². The Labute approximate surface area is 143 Å². The standard InChI is InChI=1S/C17H15IN4/c1-21-10-16(20-11-21)15-9-17-13-3-2-4-14(18)12(13)5-7-22(17)8-6-19-15/h2-4,6,8-11H,5,7H2,1H3. The van der Waals surface area contributed by atoms with Gasteiger partial charge < -0.3 is 9.47 Å². The van der Waals surface area contributed by atoms with Crippen molar-refractivity contribution >= 4 is 34.0 Å². The maximum atomic E-state index is 4.57. The summed E-state index contributed by atoms with van der Waals surface area (Å²) < 4.78 is 3.28.